The zero-order chi connectivity index (χ0) is 20.7. The Balaban J connectivity index is 1.71. The molecule has 3 heterocycles. The van der Waals surface area contributed by atoms with Gasteiger partial charge in [0.15, 0.2) is 11.5 Å². The van der Waals surface area contributed by atoms with Crippen LogP contribution in [0.4, 0.5) is 5.69 Å². The molecule has 0 saturated carbocycles. The second kappa shape index (κ2) is 7.39. The Morgan fingerprint density at radius 3 is 2.00 bits per heavy atom. The van der Waals surface area contributed by atoms with Gasteiger partial charge in [-0.25, -0.2) is 0 Å². The van der Waals surface area contributed by atoms with Gasteiger partial charge in [0.25, 0.3) is 0 Å². The minimum atomic E-state index is -0.459. The first-order chi connectivity index (χ1) is 14.7. The van der Waals surface area contributed by atoms with E-state index in [0.717, 1.165) is 21.4 Å². The van der Waals surface area contributed by atoms with Crippen molar-refractivity contribution in [3.05, 3.63) is 95.3 Å². The Bertz CT molecular complexity index is 1240. The average Bonchev–Trinajstić information content (AvgIpc) is 3.53. The summed E-state index contributed by atoms with van der Waals surface area (Å²) in [6, 6.07) is 18.7. The minimum Gasteiger partial charge on any atom is -0.461 e. The van der Waals surface area contributed by atoms with Crippen molar-refractivity contribution in [1.82, 2.24) is 0 Å². The number of furan rings is 2. The molecule has 30 heavy (non-hydrogen) atoms. The van der Waals surface area contributed by atoms with E-state index in [4.69, 9.17) is 8.83 Å². The highest BCUT2D eigenvalue weighted by Gasteiger charge is 2.35. The number of benzene rings is 2. The SMILES string of the molecule is CCN1C(=C(C(=O)c2ccco2)C(=O)c2ccco2)Sc2cc3ccccc3cc21. The average molecular weight is 415 g/mol. The Morgan fingerprint density at radius 1 is 0.867 bits per heavy atom. The topological polar surface area (TPSA) is 63.7 Å². The third-order valence-corrected chi connectivity index (χ3v) is 6.21. The number of Topliss-reactive ketones (excluding diaryl/α,β-unsaturated/α-hetero) is 2. The third-order valence-electron chi connectivity index (χ3n) is 5.04. The molecule has 4 aromatic rings. The molecular formula is C24H17NO4S. The molecule has 148 valence electrons. The Labute approximate surface area is 177 Å². The number of ketones is 2. The van der Waals surface area contributed by atoms with Crippen LogP contribution in [0.2, 0.25) is 0 Å². The summed E-state index contributed by atoms with van der Waals surface area (Å²) in [7, 11) is 0. The number of rotatable bonds is 5. The molecule has 1 aliphatic rings. The number of thioether (sulfide) groups is 1. The van der Waals surface area contributed by atoms with Gasteiger partial charge in [0.05, 0.1) is 23.2 Å². The molecule has 0 spiro atoms. The van der Waals surface area contributed by atoms with Crippen LogP contribution < -0.4 is 4.90 Å². The summed E-state index contributed by atoms with van der Waals surface area (Å²) in [4.78, 5) is 29.6. The molecule has 2 aromatic heterocycles. The molecule has 2 aromatic carbocycles. The summed E-state index contributed by atoms with van der Waals surface area (Å²) in [6.07, 6.45) is 2.85. The highest BCUT2D eigenvalue weighted by Crippen LogP contribution is 2.49. The molecule has 0 bridgehead atoms. The van der Waals surface area contributed by atoms with Crippen LogP contribution >= 0.6 is 11.8 Å². The molecular weight excluding hydrogens is 398 g/mol. The molecule has 6 heteroatoms. The summed E-state index contributed by atoms with van der Waals surface area (Å²) in [5.74, 6) is -0.676. The first-order valence-corrected chi connectivity index (χ1v) is 10.4. The fourth-order valence-electron chi connectivity index (χ4n) is 3.63. The summed E-state index contributed by atoms with van der Waals surface area (Å²) in [6.45, 7) is 2.60. The van der Waals surface area contributed by atoms with Crippen LogP contribution in [0.15, 0.2) is 97.5 Å². The third kappa shape index (κ3) is 2.97. The molecule has 0 radical (unpaired) electrons. The van der Waals surface area contributed by atoms with E-state index in [1.807, 2.05) is 24.0 Å². The zero-order valence-corrected chi connectivity index (χ0v) is 16.9. The van der Waals surface area contributed by atoms with E-state index in [2.05, 4.69) is 24.3 Å². The highest BCUT2D eigenvalue weighted by molar-refractivity contribution is 8.03. The van der Waals surface area contributed by atoms with Crippen LogP contribution in [-0.2, 0) is 0 Å². The molecule has 5 nitrogen and oxygen atoms in total. The summed E-state index contributed by atoms with van der Waals surface area (Å²) < 4.78 is 10.6. The van der Waals surface area contributed by atoms with Crippen LogP contribution in [0.3, 0.4) is 0 Å². The fraction of sp³-hybridized carbons (Fsp3) is 0.0833. The molecule has 0 aliphatic carbocycles. The van der Waals surface area contributed by atoms with Crippen molar-refractivity contribution in [1.29, 1.82) is 0 Å². The van der Waals surface area contributed by atoms with Gasteiger partial charge >= 0.3 is 0 Å². The molecule has 0 saturated heterocycles. The van der Waals surface area contributed by atoms with Crippen LogP contribution in [-0.4, -0.2) is 18.1 Å². The first kappa shape index (κ1) is 18.5. The Kier molecular flexibility index (Phi) is 4.56. The second-order valence-corrected chi connectivity index (χ2v) is 7.84. The molecule has 0 fully saturated rings. The smallest absolute Gasteiger partial charge is 0.234 e. The van der Waals surface area contributed by atoms with Gasteiger partial charge in [0.1, 0.15) is 5.57 Å². The molecule has 0 amide bonds. The Hall–Kier alpha value is -3.51. The van der Waals surface area contributed by atoms with E-state index in [-0.39, 0.29) is 17.1 Å². The van der Waals surface area contributed by atoms with Crippen LogP contribution in [0.25, 0.3) is 10.8 Å². The largest absolute Gasteiger partial charge is 0.461 e. The predicted molar refractivity (Wildman–Crippen MR) is 116 cm³/mol. The fourth-order valence-corrected chi connectivity index (χ4v) is 4.92. The maximum Gasteiger partial charge on any atom is 0.234 e. The molecule has 0 N–H and O–H groups in total. The molecule has 1 aliphatic heterocycles. The van der Waals surface area contributed by atoms with Crippen LogP contribution in [0.5, 0.6) is 0 Å². The lowest BCUT2D eigenvalue weighted by Crippen LogP contribution is -2.24. The lowest BCUT2D eigenvalue weighted by atomic mass is 10.0. The van der Waals surface area contributed by atoms with Crippen molar-refractivity contribution in [2.75, 3.05) is 11.4 Å². The zero-order valence-electron chi connectivity index (χ0n) is 16.1. The molecule has 0 unspecified atom stereocenters. The number of carbonyl (C=O) groups is 2. The predicted octanol–water partition coefficient (Wildman–Crippen LogP) is 5.94. The van der Waals surface area contributed by atoms with Gasteiger partial charge < -0.3 is 13.7 Å². The second-order valence-electron chi connectivity index (χ2n) is 6.81. The number of anilines is 1. The summed E-state index contributed by atoms with van der Waals surface area (Å²) in [5, 5.41) is 2.80. The van der Waals surface area contributed by atoms with E-state index in [1.165, 1.54) is 24.3 Å². The number of hydrogen-bond donors (Lipinski definition) is 0. The Morgan fingerprint density at radius 2 is 1.47 bits per heavy atom. The van der Waals surface area contributed by atoms with Crippen molar-refractivity contribution in [3.8, 4) is 0 Å². The lowest BCUT2D eigenvalue weighted by Gasteiger charge is -2.20. The standard InChI is InChI=1S/C24H17NO4S/c1-2-25-17-13-15-7-3-4-8-16(15)14-20(17)30-24(25)21(22(26)18-9-5-11-28-18)23(27)19-10-6-12-29-19/h3-14H,2H2,1H3. The lowest BCUT2D eigenvalue weighted by molar-refractivity contribution is 0.0933. The van der Waals surface area contributed by atoms with E-state index in [0.29, 0.717) is 11.6 Å². The highest BCUT2D eigenvalue weighted by atomic mass is 32.2. The van der Waals surface area contributed by atoms with Gasteiger partial charge in [-0.2, -0.15) is 0 Å². The van der Waals surface area contributed by atoms with Gasteiger partial charge in [-0.1, -0.05) is 36.0 Å². The van der Waals surface area contributed by atoms with Crippen LogP contribution in [0, 0.1) is 0 Å². The number of allylic oxidation sites excluding steroid dienone is 1. The maximum absolute atomic E-state index is 13.3. The van der Waals surface area contributed by atoms with Gasteiger partial charge in [0.2, 0.25) is 11.6 Å². The first-order valence-electron chi connectivity index (χ1n) is 9.56. The molecule has 0 atom stereocenters. The molecule has 5 rings (SSSR count). The van der Waals surface area contributed by atoms with Crippen molar-refractivity contribution in [2.24, 2.45) is 0 Å². The monoisotopic (exact) mass is 415 g/mol. The van der Waals surface area contributed by atoms with Crippen molar-refractivity contribution < 1.29 is 18.4 Å². The van der Waals surface area contributed by atoms with E-state index in [1.54, 1.807) is 24.3 Å². The summed E-state index contributed by atoms with van der Waals surface area (Å²) in [5.41, 5.74) is 1.03. The quantitative estimate of drug-likeness (QED) is 0.174. The minimum absolute atomic E-state index is 0.0482. The van der Waals surface area contributed by atoms with Crippen molar-refractivity contribution in [2.45, 2.75) is 11.8 Å². The van der Waals surface area contributed by atoms with E-state index < -0.39 is 11.6 Å². The van der Waals surface area contributed by atoms with E-state index >= 15 is 0 Å². The van der Waals surface area contributed by atoms with Crippen LogP contribution in [0.1, 0.15) is 28.0 Å². The number of nitrogens with zero attached hydrogens (tertiary/aromatic N) is 1. The number of fused-ring (bicyclic) bond motifs is 2. The van der Waals surface area contributed by atoms with E-state index in [9.17, 15) is 9.59 Å². The van der Waals surface area contributed by atoms with Gasteiger partial charge in [-0.3, -0.25) is 9.59 Å². The number of carbonyl (C=O) groups excluding carboxylic acids is 2. The number of hydrogen-bond acceptors (Lipinski definition) is 6. The van der Waals surface area contributed by atoms with Gasteiger partial charge in [-0.05, 0) is 54.1 Å². The van der Waals surface area contributed by atoms with Gasteiger partial charge in [0, 0.05) is 11.4 Å². The normalized spacial score (nSPS) is 13.0. The van der Waals surface area contributed by atoms with Gasteiger partial charge in [-0.15, -0.1) is 0 Å². The van der Waals surface area contributed by atoms with Crippen molar-refractivity contribution in [3.63, 3.8) is 0 Å². The summed E-state index contributed by atoms with van der Waals surface area (Å²) >= 11 is 1.42. The maximum atomic E-state index is 13.3. The van der Waals surface area contributed by atoms with Crippen molar-refractivity contribution >= 4 is 39.8 Å².